The third kappa shape index (κ3) is 2.92. The predicted molar refractivity (Wildman–Crippen MR) is 68.1 cm³/mol. The Balaban J connectivity index is 3.16. The normalized spacial score (nSPS) is 13.8. The molecule has 0 saturated heterocycles. The van der Waals surface area contributed by atoms with Crippen LogP contribution in [0.2, 0.25) is 0 Å². The van der Waals surface area contributed by atoms with Gasteiger partial charge in [-0.15, -0.1) is 0 Å². The first-order chi connectivity index (χ1) is 8.54. The van der Waals surface area contributed by atoms with Crippen molar-refractivity contribution in [3.8, 4) is 11.5 Å². The quantitative estimate of drug-likeness (QED) is 0.807. The second-order valence-electron chi connectivity index (χ2n) is 4.00. The van der Waals surface area contributed by atoms with Crippen LogP contribution in [0.25, 0.3) is 0 Å². The molecule has 2 N–H and O–H groups in total. The Kier molecular flexibility index (Phi) is 4.97. The van der Waals surface area contributed by atoms with Gasteiger partial charge in [0.25, 0.3) is 0 Å². The Morgan fingerprint density at radius 1 is 1.33 bits per heavy atom. The first-order valence-corrected chi connectivity index (χ1v) is 5.67. The molecular formula is C13H19NO4. The van der Waals surface area contributed by atoms with Gasteiger partial charge in [-0.25, -0.2) is 0 Å². The van der Waals surface area contributed by atoms with E-state index in [1.807, 2.05) is 6.07 Å². The SMILES string of the molecule is CNC(c1ccc(OC)cc1OC)C(C)C(=O)O. The molecule has 1 aromatic carbocycles. The lowest BCUT2D eigenvalue weighted by atomic mass is 9.94. The molecule has 1 rings (SSSR count). The highest BCUT2D eigenvalue weighted by atomic mass is 16.5. The minimum absolute atomic E-state index is 0.316. The van der Waals surface area contributed by atoms with Crippen LogP contribution in [0.4, 0.5) is 0 Å². The van der Waals surface area contributed by atoms with Crippen molar-refractivity contribution in [1.29, 1.82) is 0 Å². The van der Waals surface area contributed by atoms with Crippen LogP contribution in [-0.2, 0) is 4.79 Å². The van der Waals surface area contributed by atoms with Gasteiger partial charge in [0.1, 0.15) is 11.5 Å². The molecule has 0 aliphatic rings. The zero-order chi connectivity index (χ0) is 13.7. The molecule has 0 saturated carbocycles. The van der Waals surface area contributed by atoms with Crippen molar-refractivity contribution in [1.82, 2.24) is 5.32 Å². The van der Waals surface area contributed by atoms with E-state index in [0.29, 0.717) is 11.5 Å². The smallest absolute Gasteiger partial charge is 0.308 e. The number of ether oxygens (including phenoxy) is 2. The maximum Gasteiger partial charge on any atom is 0.308 e. The van der Waals surface area contributed by atoms with Gasteiger partial charge in [-0.05, 0) is 13.1 Å². The van der Waals surface area contributed by atoms with E-state index in [9.17, 15) is 4.79 Å². The molecular weight excluding hydrogens is 234 g/mol. The fourth-order valence-electron chi connectivity index (χ4n) is 1.89. The molecule has 5 heteroatoms. The van der Waals surface area contributed by atoms with Gasteiger partial charge >= 0.3 is 5.97 Å². The summed E-state index contributed by atoms with van der Waals surface area (Å²) >= 11 is 0. The third-order valence-electron chi connectivity index (χ3n) is 2.98. The molecule has 2 atom stereocenters. The first kappa shape index (κ1) is 14.3. The van der Waals surface area contributed by atoms with Gasteiger partial charge in [-0.3, -0.25) is 4.79 Å². The van der Waals surface area contributed by atoms with Crippen LogP contribution < -0.4 is 14.8 Å². The molecule has 0 amide bonds. The average molecular weight is 253 g/mol. The first-order valence-electron chi connectivity index (χ1n) is 5.67. The minimum Gasteiger partial charge on any atom is -0.497 e. The van der Waals surface area contributed by atoms with E-state index in [1.54, 1.807) is 40.3 Å². The number of carbonyl (C=O) groups is 1. The van der Waals surface area contributed by atoms with Gasteiger partial charge in [-0.1, -0.05) is 13.0 Å². The van der Waals surface area contributed by atoms with Crippen molar-refractivity contribution < 1.29 is 19.4 Å². The highest BCUT2D eigenvalue weighted by Gasteiger charge is 2.26. The average Bonchev–Trinajstić information content (AvgIpc) is 2.39. The van der Waals surface area contributed by atoms with Gasteiger partial charge in [0, 0.05) is 17.7 Å². The van der Waals surface area contributed by atoms with Crippen molar-refractivity contribution >= 4 is 5.97 Å². The molecule has 18 heavy (non-hydrogen) atoms. The van der Waals surface area contributed by atoms with Crippen LogP contribution in [0.5, 0.6) is 11.5 Å². The summed E-state index contributed by atoms with van der Waals surface area (Å²) < 4.78 is 10.4. The number of carboxylic acid groups (broad SMARTS) is 1. The van der Waals surface area contributed by atoms with E-state index < -0.39 is 11.9 Å². The van der Waals surface area contributed by atoms with E-state index >= 15 is 0 Å². The number of hydrogen-bond donors (Lipinski definition) is 2. The topological polar surface area (TPSA) is 67.8 Å². The van der Waals surface area contributed by atoms with E-state index in [1.165, 1.54) is 0 Å². The number of nitrogens with one attached hydrogen (secondary N) is 1. The largest absolute Gasteiger partial charge is 0.497 e. The summed E-state index contributed by atoms with van der Waals surface area (Å²) in [6.45, 7) is 1.66. The highest BCUT2D eigenvalue weighted by molar-refractivity contribution is 5.71. The van der Waals surface area contributed by atoms with Crippen LogP contribution in [-0.4, -0.2) is 32.3 Å². The van der Waals surface area contributed by atoms with Gasteiger partial charge in [0.2, 0.25) is 0 Å². The molecule has 2 unspecified atom stereocenters. The maximum atomic E-state index is 11.1. The Morgan fingerprint density at radius 2 is 2.00 bits per heavy atom. The lowest BCUT2D eigenvalue weighted by Crippen LogP contribution is -2.29. The molecule has 0 aliphatic carbocycles. The van der Waals surface area contributed by atoms with Gasteiger partial charge in [-0.2, -0.15) is 0 Å². The summed E-state index contributed by atoms with van der Waals surface area (Å²) in [5.41, 5.74) is 0.802. The Labute approximate surface area is 107 Å². The van der Waals surface area contributed by atoms with Crippen molar-refractivity contribution in [2.75, 3.05) is 21.3 Å². The predicted octanol–water partition coefficient (Wildman–Crippen LogP) is 1.69. The zero-order valence-corrected chi connectivity index (χ0v) is 11.1. The summed E-state index contributed by atoms with van der Waals surface area (Å²) in [6.07, 6.45) is 0. The maximum absolute atomic E-state index is 11.1. The lowest BCUT2D eigenvalue weighted by Gasteiger charge is -2.23. The molecule has 0 aliphatic heterocycles. The van der Waals surface area contributed by atoms with Crippen LogP contribution in [0, 0.1) is 5.92 Å². The molecule has 1 aromatic rings. The fourth-order valence-corrected chi connectivity index (χ4v) is 1.89. The van der Waals surface area contributed by atoms with E-state index in [4.69, 9.17) is 14.6 Å². The van der Waals surface area contributed by atoms with Gasteiger partial charge < -0.3 is 19.9 Å². The molecule has 0 fully saturated rings. The molecule has 0 spiro atoms. The molecule has 0 radical (unpaired) electrons. The standard InChI is InChI=1S/C13H19NO4/c1-8(13(15)16)12(14-2)10-6-5-9(17-3)7-11(10)18-4/h5-8,12,14H,1-4H3,(H,15,16). The fraction of sp³-hybridized carbons (Fsp3) is 0.462. The number of hydrogen-bond acceptors (Lipinski definition) is 4. The van der Waals surface area contributed by atoms with Crippen LogP contribution in [0.3, 0.4) is 0 Å². The van der Waals surface area contributed by atoms with Gasteiger partial charge in [0.05, 0.1) is 20.1 Å². The van der Waals surface area contributed by atoms with Crippen molar-refractivity contribution in [2.45, 2.75) is 13.0 Å². The summed E-state index contributed by atoms with van der Waals surface area (Å²) in [6, 6.07) is 5.03. The minimum atomic E-state index is -0.854. The van der Waals surface area contributed by atoms with Crippen molar-refractivity contribution in [3.05, 3.63) is 23.8 Å². The number of methoxy groups -OCH3 is 2. The molecule has 0 aromatic heterocycles. The molecule has 0 bridgehead atoms. The molecule has 100 valence electrons. The molecule has 5 nitrogen and oxygen atoms in total. The summed E-state index contributed by atoms with van der Waals surface area (Å²) in [5, 5.41) is 12.1. The van der Waals surface area contributed by atoms with E-state index in [-0.39, 0.29) is 6.04 Å². The van der Waals surface area contributed by atoms with E-state index in [2.05, 4.69) is 5.32 Å². The van der Waals surface area contributed by atoms with Crippen molar-refractivity contribution in [2.24, 2.45) is 5.92 Å². The Bertz CT molecular complexity index is 419. The Hall–Kier alpha value is -1.75. The number of carboxylic acids is 1. The van der Waals surface area contributed by atoms with E-state index in [0.717, 1.165) is 5.56 Å². The van der Waals surface area contributed by atoms with Crippen molar-refractivity contribution in [3.63, 3.8) is 0 Å². The summed E-state index contributed by atoms with van der Waals surface area (Å²) in [5.74, 6) is -0.125. The Morgan fingerprint density at radius 3 is 2.44 bits per heavy atom. The van der Waals surface area contributed by atoms with Gasteiger partial charge in [0.15, 0.2) is 0 Å². The summed E-state index contributed by atoms with van der Waals surface area (Å²) in [4.78, 5) is 11.1. The van der Waals surface area contributed by atoms with Crippen LogP contribution in [0.15, 0.2) is 18.2 Å². The highest BCUT2D eigenvalue weighted by Crippen LogP contribution is 2.33. The second kappa shape index (κ2) is 6.26. The third-order valence-corrected chi connectivity index (χ3v) is 2.98. The summed E-state index contributed by atoms with van der Waals surface area (Å²) in [7, 11) is 4.86. The van der Waals surface area contributed by atoms with Crippen LogP contribution in [0.1, 0.15) is 18.5 Å². The zero-order valence-electron chi connectivity index (χ0n) is 11.1. The lowest BCUT2D eigenvalue weighted by molar-refractivity contribution is -0.142. The number of rotatable bonds is 6. The second-order valence-corrected chi connectivity index (χ2v) is 4.00. The number of aliphatic carboxylic acids is 1. The number of benzene rings is 1. The molecule has 0 heterocycles. The monoisotopic (exact) mass is 253 g/mol. The van der Waals surface area contributed by atoms with Crippen LogP contribution >= 0.6 is 0 Å².